The highest BCUT2D eigenvalue weighted by Crippen LogP contribution is 2.39. The first-order valence-corrected chi connectivity index (χ1v) is 6.33. The van der Waals surface area contributed by atoms with E-state index in [0.29, 0.717) is 6.04 Å². The van der Waals surface area contributed by atoms with E-state index in [-0.39, 0.29) is 6.10 Å². The average Bonchev–Trinajstić information content (AvgIpc) is 2.63. The van der Waals surface area contributed by atoms with Crippen molar-refractivity contribution in [2.24, 2.45) is 0 Å². The van der Waals surface area contributed by atoms with E-state index in [4.69, 9.17) is 16.3 Å². The Morgan fingerprint density at radius 3 is 2.88 bits per heavy atom. The summed E-state index contributed by atoms with van der Waals surface area (Å²) in [6.07, 6.45) is 2.38. The molecule has 0 saturated heterocycles. The molecule has 1 aromatic rings. The summed E-state index contributed by atoms with van der Waals surface area (Å²) in [7, 11) is 0. The summed E-state index contributed by atoms with van der Waals surface area (Å²) in [5.41, 5.74) is 1.24. The molecule has 0 bridgehead atoms. The summed E-state index contributed by atoms with van der Waals surface area (Å²) < 4.78 is 5.90. The van der Waals surface area contributed by atoms with Gasteiger partial charge in [-0.25, -0.2) is 0 Å². The second-order valence-corrected chi connectivity index (χ2v) is 4.61. The molecule has 0 aliphatic carbocycles. The van der Waals surface area contributed by atoms with Crippen LogP contribution in [-0.2, 0) is 0 Å². The Kier molecular flexibility index (Phi) is 3.72. The van der Waals surface area contributed by atoms with Crippen molar-refractivity contribution in [3.63, 3.8) is 0 Å². The van der Waals surface area contributed by atoms with Crippen molar-refractivity contribution in [3.8, 4) is 5.75 Å². The van der Waals surface area contributed by atoms with Gasteiger partial charge < -0.3 is 10.1 Å². The maximum Gasteiger partial charge on any atom is 0.126 e. The summed E-state index contributed by atoms with van der Waals surface area (Å²) in [6.45, 7) is 5.35. The van der Waals surface area contributed by atoms with E-state index in [1.165, 1.54) is 5.56 Å². The zero-order valence-electron chi connectivity index (χ0n) is 9.79. The smallest absolute Gasteiger partial charge is 0.126 e. The van der Waals surface area contributed by atoms with E-state index in [9.17, 15) is 0 Å². The highest BCUT2D eigenvalue weighted by molar-refractivity contribution is 6.30. The SMILES string of the molecule is CCCNC1c2ccc(Cl)cc2OC1CC. The molecule has 0 amide bonds. The van der Waals surface area contributed by atoms with Crippen LogP contribution in [0, 0.1) is 0 Å². The Balaban J connectivity index is 2.22. The van der Waals surface area contributed by atoms with Crippen LogP contribution in [0.25, 0.3) is 0 Å². The number of fused-ring (bicyclic) bond motifs is 1. The molecule has 0 spiro atoms. The standard InChI is InChI=1S/C13H18ClNO/c1-3-7-15-13-10-6-5-9(14)8-12(10)16-11(13)4-2/h5-6,8,11,13,15H,3-4,7H2,1-2H3. The van der Waals surface area contributed by atoms with Crippen molar-refractivity contribution in [1.29, 1.82) is 0 Å². The highest BCUT2D eigenvalue weighted by Gasteiger charge is 2.32. The van der Waals surface area contributed by atoms with Crippen LogP contribution in [0.15, 0.2) is 18.2 Å². The molecule has 0 saturated carbocycles. The minimum absolute atomic E-state index is 0.236. The van der Waals surface area contributed by atoms with E-state index in [0.717, 1.165) is 30.2 Å². The topological polar surface area (TPSA) is 21.3 Å². The second kappa shape index (κ2) is 5.07. The summed E-state index contributed by atoms with van der Waals surface area (Å²) >= 11 is 5.97. The van der Waals surface area contributed by atoms with Crippen molar-refractivity contribution in [3.05, 3.63) is 28.8 Å². The predicted molar refractivity (Wildman–Crippen MR) is 67.2 cm³/mol. The summed E-state index contributed by atoms with van der Waals surface area (Å²) in [5, 5.41) is 4.28. The van der Waals surface area contributed by atoms with E-state index in [1.54, 1.807) is 0 Å². The monoisotopic (exact) mass is 239 g/mol. The van der Waals surface area contributed by atoms with Crippen molar-refractivity contribution in [2.75, 3.05) is 6.54 Å². The highest BCUT2D eigenvalue weighted by atomic mass is 35.5. The molecule has 0 fully saturated rings. The number of hydrogen-bond acceptors (Lipinski definition) is 2. The van der Waals surface area contributed by atoms with Crippen LogP contribution in [0.3, 0.4) is 0 Å². The minimum atomic E-state index is 0.236. The molecule has 1 aliphatic rings. The van der Waals surface area contributed by atoms with Gasteiger partial charge in [-0.1, -0.05) is 31.5 Å². The lowest BCUT2D eigenvalue weighted by molar-refractivity contribution is 0.185. The molecule has 1 heterocycles. The molecule has 2 atom stereocenters. The van der Waals surface area contributed by atoms with Crippen molar-refractivity contribution in [2.45, 2.75) is 38.8 Å². The molecular formula is C13H18ClNO. The van der Waals surface area contributed by atoms with E-state index >= 15 is 0 Å². The fraction of sp³-hybridized carbons (Fsp3) is 0.538. The molecule has 0 aromatic heterocycles. The van der Waals surface area contributed by atoms with Crippen LogP contribution in [0.1, 0.15) is 38.3 Å². The van der Waals surface area contributed by atoms with Gasteiger partial charge in [0.15, 0.2) is 0 Å². The summed E-state index contributed by atoms with van der Waals surface area (Å²) in [5.74, 6) is 0.938. The Morgan fingerprint density at radius 1 is 1.38 bits per heavy atom. The fourth-order valence-electron chi connectivity index (χ4n) is 2.16. The molecule has 88 valence electrons. The van der Waals surface area contributed by atoms with Gasteiger partial charge in [0.2, 0.25) is 0 Å². The molecule has 1 N–H and O–H groups in total. The Hall–Kier alpha value is -0.730. The third-order valence-corrected chi connectivity index (χ3v) is 3.21. The number of rotatable bonds is 4. The first-order chi connectivity index (χ1) is 7.76. The Bertz CT molecular complexity index is 367. The number of halogens is 1. The molecule has 0 radical (unpaired) electrons. The van der Waals surface area contributed by atoms with Gasteiger partial charge in [-0.15, -0.1) is 0 Å². The Labute approximate surface area is 102 Å². The lowest BCUT2D eigenvalue weighted by Gasteiger charge is -2.18. The van der Waals surface area contributed by atoms with Gasteiger partial charge in [-0.2, -0.15) is 0 Å². The zero-order chi connectivity index (χ0) is 11.5. The van der Waals surface area contributed by atoms with Gasteiger partial charge in [-0.3, -0.25) is 0 Å². The lowest BCUT2D eigenvalue weighted by atomic mass is 10.0. The molecule has 1 aliphatic heterocycles. The van der Waals surface area contributed by atoms with Gasteiger partial charge in [0, 0.05) is 10.6 Å². The number of hydrogen-bond donors (Lipinski definition) is 1. The maximum absolute atomic E-state index is 5.97. The van der Waals surface area contributed by atoms with Crippen LogP contribution in [0.4, 0.5) is 0 Å². The third-order valence-electron chi connectivity index (χ3n) is 2.98. The third kappa shape index (κ3) is 2.18. The molecule has 3 heteroatoms. The summed E-state index contributed by atoms with van der Waals surface area (Å²) in [4.78, 5) is 0. The number of benzene rings is 1. The fourth-order valence-corrected chi connectivity index (χ4v) is 2.32. The van der Waals surface area contributed by atoms with Gasteiger partial charge in [-0.05, 0) is 31.5 Å². The first kappa shape index (κ1) is 11.7. The molecule has 2 rings (SSSR count). The largest absolute Gasteiger partial charge is 0.488 e. The van der Waals surface area contributed by atoms with Crippen LogP contribution in [0.2, 0.25) is 5.02 Å². The first-order valence-electron chi connectivity index (χ1n) is 5.95. The molecule has 1 aromatic carbocycles. The summed E-state index contributed by atoms with van der Waals surface area (Å²) in [6, 6.07) is 6.23. The number of ether oxygens (including phenoxy) is 1. The van der Waals surface area contributed by atoms with Crippen molar-refractivity contribution >= 4 is 11.6 Å². The quantitative estimate of drug-likeness (QED) is 0.868. The van der Waals surface area contributed by atoms with Crippen LogP contribution < -0.4 is 10.1 Å². The van der Waals surface area contributed by atoms with Gasteiger partial charge in [0.05, 0.1) is 6.04 Å². The van der Waals surface area contributed by atoms with E-state index in [2.05, 4.69) is 25.2 Å². The zero-order valence-corrected chi connectivity index (χ0v) is 10.6. The second-order valence-electron chi connectivity index (χ2n) is 4.18. The molecule has 2 unspecified atom stereocenters. The van der Waals surface area contributed by atoms with Crippen LogP contribution >= 0.6 is 11.6 Å². The maximum atomic E-state index is 5.97. The van der Waals surface area contributed by atoms with Gasteiger partial charge in [0.1, 0.15) is 11.9 Å². The normalized spacial score (nSPS) is 22.9. The van der Waals surface area contributed by atoms with Crippen molar-refractivity contribution in [1.82, 2.24) is 5.32 Å². The molecule has 2 nitrogen and oxygen atoms in total. The minimum Gasteiger partial charge on any atom is -0.488 e. The van der Waals surface area contributed by atoms with Crippen LogP contribution in [-0.4, -0.2) is 12.6 Å². The van der Waals surface area contributed by atoms with E-state index < -0.39 is 0 Å². The van der Waals surface area contributed by atoms with Gasteiger partial charge >= 0.3 is 0 Å². The predicted octanol–water partition coefficient (Wildman–Crippen LogP) is 3.55. The molecule has 16 heavy (non-hydrogen) atoms. The van der Waals surface area contributed by atoms with Gasteiger partial charge in [0.25, 0.3) is 0 Å². The van der Waals surface area contributed by atoms with E-state index in [1.807, 2.05) is 12.1 Å². The number of nitrogens with one attached hydrogen (secondary N) is 1. The Morgan fingerprint density at radius 2 is 2.19 bits per heavy atom. The van der Waals surface area contributed by atoms with Crippen molar-refractivity contribution < 1.29 is 4.74 Å². The van der Waals surface area contributed by atoms with Crippen LogP contribution in [0.5, 0.6) is 5.75 Å². The lowest BCUT2D eigenvalue weighted by Crippen LogP contribution is -2.30. The molecular weight excluding hydrogens is 222 g/mol. The average molecular weight is 240 g/mol.